The molecule has 0 spiro atoms. The average molecular weight is 212 g/mol. The minimum atomic E-state index is 0.00463. The van der Waals surface area contributed by atoms with E-state index in [4.69, 9.17) is 0 Å². The Labute approximate surface area is 93.7 Å². The van der Waals surface area contributed by atoms with Crippen LogP contribution in [0.2, 0.25) is 0 Å². The maximum absolute atomic E-state index is 9.70. The molecule has 3 nitrogen and oxygen atoms in total. The number of nitrogens with two attached hydrogens (primary N) is 1. The normalized spacial score (nSPS) is 6.27. The number of nitrogens with one attached hydrogen (secondary N) is 1. The molecule has 0 radical (unpaired) electrons. The second-order valence-electron chi connectivity index (χ2n) is 1.96. The van der Waals surface area contributed by atoms with Crippen LogP contribution in [0, 0.1) is 0 Å². The van der Waals surface area contributed by atoms with Gasteiger partial charge in [-0.3, -0.25) is 4.79 Å². The highest BCUT2D eigenvalue weighted by atomic mass is 16.1. The molecule has 0 aliphatic heterocycles. The molecule has 1 aromatic carbocycles. The van der Waals surface area contributed by atoms with Crippen molar-refractivity contribution in [1.29, 1.82) is 0 Å². The molecule has 1 amide bonds. The molecule has 0 saturated carbocycles. The highest BCUT2D eigenvalue weighted by molar-refractivity contribution is 5.72. The molecular weight excluding hydrogens is 188 g/mol. The van der Waals surface area contributed by atoms with E-state index in [9.17, 15) is 4.79 Å². The molecule has 0 fully saturated rings. The molecule has 0 aliphatic rings. The number of hydrogen-bond donors (Lipinski definition) is 2. The van der Waals surface area contributed by atoms with E-state index >= 15 is 0 Å². The summed E-state index contributed by atoms with van der Waals surface area (Å²) in [6, 6.07) is 12.0. The van der Waals surface area contributed by atoms with Gasteiger partial charge < -0.3 is 11.1 Å². The van der Waals surface area contributed by atoms with E-state index in [2.05, 4.69) is 11.1 Å². The quantitative estimate of drug-likeness (QED) is 0.691. The fraction of sp³-hybridized carbons (Fsp3) is 0.417. The summed E-state index contributed by atoms with van der Waals surface area (Å²) >= 11 is 0. The molecular formula is C12H24N2O. The van der Waals surface area contributed by atoms with Crippen LogP contribution < -0.4 is 11.1 Å². The van der Waals surface area contributed by atoms with Crippen molar-refractivity contribution in [2.45, 2.75) is 20.8 Å². The van der Waals surface area contributed by atoms with Gasteiger partial charge in [0.2, 0.25) is 5.91 Å². The summed E-state index contributed by atoms with van der Waals surface area (Å²) in [5.74, 6) is 0.00463. The van der Waals surface area contributed by atoms with E-state index in [1.807, 2.05) is 50.2 Å². The first-order valence-corrected chi connectivity index (χ1v) is 5.03. The van der Waals surface area contributed by atoms with E-state index in [-0.39, 0.29) is 5.91 Å². The summed E-state index contributed by atoms with van der Waals surface area (Å²) in [7, 11) is 3.10. The monoisotopic (exact) mass is 212 g/mol. The Morgan fingerprint density at radius 1 is 0.933 bits per heavy atom. The fourth-order valence-corrected chi connectivity index (χ4v) is 0.385. The van der Waals surface area contributed by atoms with E-state index in [0.717, 1.165) is 0 Å². The SMILES string of the molecule is CC.CN.CNC(C)=O.c1ccccc1. The van der Waals surface area contributed by atoms with Crippen molar-refractivity contribution in [2.24, 2.45) is 5.73 Å². The third-order valence-electron chi connectivity index (χ3n) is 1.02. The number of rotatable bonds is 0. The molecule has 1 rings (SSSR count). The van der Waals surface area contributed by atoms with Crippen LogP contribution in [0.25, 0.3) is 0 Å². The van der Waals surface area contributed by atoms with Gasteiger partial charge in [0.15, 0.2) is 0 Å². The van der Waals surface area contributed by atoms with E-state index < -0.39 is 0 Å². The number of carbonyl (C=O) groups excluding carboxylic acids is 1. The first kappa shape index (κ1) is 19.3. The van der Waals surface area contributed by atoms with Gasteiger partial charge in [-0.2, -0.15) is 0 Å². The van der Waals surface area contributed by atoms with Gasteiger partial charge in [0.05, 0.1) is 0 Å². The molecule has 0 saturated heterocycles. The molecule has 1 aromatic rings. The van der Waals surface area contributed by atoms with Crippen molar-refractivity contribution in [1.82, 2.24) is 5.32 Å². The molecule has 88 valence electrons. The maximum Gasteiger partial charge on any atom is 0.216 e. The summed E-state index contributed by atoms with van der Waals surface area (Å²) in [5.41, 5.74) is 4.50. The summed E-state index contributed by atoms with van der Waals surface area (Å²) < 4.78 is 0. The van der Waals surface area contributed by atoms with Crippen LogP contribution in [0.4, 0.5) is 0 Å². The highest BCUT2D eigenvalue weighted by Crippen LogP contribution is 1.79. The van der Waals surface area contributed by atoms with Gasteiger partial charge in [-0.25, -0.2) is 0 Å². The Kier molecular flexibility index (Phi) is 29.5. The largest absolute Gasteiger partial charge is 0.359 e. The molecule has 0 aliphatic carbocycles. The third kappa shape index (κ3) is 32.4. The van der Waals surface area contributed by atoms with Crippen LogP contribution in [0.3, 0.4) is 0 Å². The van der Waals surface area contributed by atoms with Gasteiger partial charge in [-0.05, 0) is 7.05 Å². The molecule has 0 unspecified atom stereocenters. The first-order valence-electron chi connectivity index (χ1n) is 5.03. The Morgan fingerprint density at radius 3 is 1.13 bits per heavy atom. The zero-order valence-corrected chi connectivity index (χ0v) is 10.4. The lowest BCUT2D eigenvalue weighted by Crippen LogP contribution is -2.11. The van der Waals surface area contributed by atoms with Crippen molar-refractivity contribution < 1.29 is 4.79 Å². The predicted molar refractivity (Wildman–Crippen MR) is 67.6 cm³/mol. The first-order chi connectivity index (χ1) is 7.27. The Morgan fingerprint density at radius 2 is 1.07 bits per heavy atom. The van der Waals surface area contributed by atoms with Gasteiger partial charge in [-0.15, -0.1) is 0 Å². The van der Waals surface area contributed by atoms with Crippen LogP contribution in [0.1, 0.15) is 20.8 Å². The average Bonchev–Trinajstić information content (AvgIpc) is 2.37. The van der Waals surface area contributed by atoms with E-state index in [1.165, 1.54) is 14.0 Å². The molecule has 0 heterocycles. The second kappa shape index (κ2) is 22.9. The third-order valence-corrected chi connectivity index (χ3v) is 1.02. The Hall–Kier alpha value is -1.35. The van der Waals surface area contributed by atoms with Crippen molar-refractivity contribution in [2.75, 3.05) is 14.1 Å². The Balaban J connectivity index is -0.000000146. The van der Waals surface area contributed by atoms with Crippen LogP contribution in [0.15, 0.2) is 36.4 Å². The predicted octanol–water partition coefficient (Wildman–Crippen LogP) is 2.04. The minimum absolute atomic E-state index is 0.00463. The zero-order valence-electron chi connectivity index (χ0n) is 10.4. The lowest BCUT2D eigenvalue weighted by molar-refractivity contribution is -0.118. The van der Waals surface area contributed by atoms with Crippen LogP contribution >= 0.6 is 0 Å². The van der Waals surface area contributed by atoms with Gasteiger partial charge in [0, 0.05) is 14.0 Å². The summed E-state index contributed by atoms with van der Waals surface area (Å²) in [6.45, 7) is 5.47. The second-order valence-corrected chi connectivity index (χ2v) is 1.96. The van der Waals surface area contributed by atoms with Gasteiger partial charge >= 0.3 is 0 Å². The zero-order chi connectivity index (χ0) is 12.5. The van der Waals surface area contributed by atoms with E-state index in [1.54, 1.807) is 7.05 Å². The number of amides is 1. The summed E-state index contributed by atoms with van der Waals surface area (Å²) in [4.78, 5) is 9.70. The van der Waals surface area contributed by atoms with Gasteiger partial charge in [0.25, 0.3) is 0 Å². The topological polar surface area (TPSA) is 55.1 Å². The standard InChI is InChI=1S/C6H6.C3H7NO.C2H6.CH5N/c1-2-4-6-5-3-1;1-3(5)4-2;2*1-2/h1-6H;1-2H3,(H,4,5);1-2H3;2H2,1H3. The summed E-state index contributed by atoms with van der Waals surface area (Å²) in [6.07, 6.45) is 0. The summed E-state index contributed by atoms with van der Waals surface area (Å²) in [5, 5.41) is 2.39. The number of carbonyl (C=O) groups is 1. The van der Waals surface area contributed by atoms with Crippen molar-refractivity contribution in [3.05, 3.63) is 36.4 Å². The highest BCUT2D eigenvalue weighted by Gasteiger charge is 1.72. The molecule has 15 heavy (non-hydrogen) atoms. The molecule has 0 atom stereocenters. The molecule has 3 N–H and O–H groups in total. The fourth-order valence-electron chi connectivity index (χ4n) is 0.385. The van der Waals surface area contributed by atoms with E-state index in [0.29, 0.717) is 0 Å². The minimum Gasteiger partial charge on any atom is -0.359 e. The van der Waals surface area contributed by atoms with Gasteiger partial charge in [-0.1, -0.05) is 50.2 Å². The Bertz CT molecular complexity index is 161. The molecule has 0 aromatic heterocycles. The number of benzene rings is 1. The smallest absolute Gasteiger partial charge is 0.216 e. The number of hydrogen-bond acceptors (Lipinski definition) is 2. The molecule has 3 heteroatoms. The van der Waals surface area contributed by atoms with Crippen molar-refractivity contribution in [3.63, 3.8) is 0 Å². The lowest BCUT2D eigenvalue weighted by atomic mass is 10.4. The van der Waals surface area contributed by atoms with Crippen LogP contribution in [-0.4, -0.2) is 20.0 Å². The van der Waals surface area contributed by atoms with Crippen LogP contribution in [0.5, 0.6) is 0 Å². The lowest BCUT2D eigenvalue weighted by Gasteiger charge is -1.80. The molecule has 0 bridgehead atoms. The maximum atomic E-state index is 9.70. The van der Waals surface area contributed by atoms with Crippen molar-refractivity contribution >= 4 is 5.91 Å². The van der Waals surface area contributed by atoms with Gasteiger partial charge in [0.1, 0.15) is 0 Å². The van der Waals surface area contributed by atoms with Crippen molar-refractivity contribution in [3.8, 4) is 0 Å². The van der Waals surface area contributed by atoms with Crippen LogP contribution in [-0.2, 0) is 4.79 Å².